The second kappa shape index (κ2) is 5.21. The molecule has 0 aliphatic carbocycles. The van der Waals surface area contributed by atoms with Gasteiger partial charge in [-0.2, -0.15) is 0 Å². The number of hydrogen-bond donors (Lipinski definition) is 0. The number of carbonyl (C=O) groups excluding carboxylic acids is 1. The second-order valence-electron chi connectivity index (χ2n) is 3.40. The Hall–Kier alpha value is -2.23. The van der Waals surface area contributed by atoms with Crippen LogP contribution in [0.3, 0.4) is 0 Å². The molecule has 0 bridgehead atoms. The number of carbonyl (C=O) groups is 1. The fourth-order valence-electron chi connectivity index (χ4n) is 1.42. The van der Waals surface area contributed by atoms with E-state index in [0.29, 0.717) is 23.7 Å². The zero-order chi connectivity index (χ0) is 12.1. The highest BCUT2D eigenvalue weighted by molar-refractivity contribution is 5.76. The van der Waals surface area contributed by atoms with Crippen LogP contribution in [0, 0.1) is 0 Å². The van der Waals surface area contributed by atoms with E-state index < -0.39 is 0 Å². The minimum Gasteiger partial charge on any atom is -0.493 e. The molecule has 0 aliphatic rings. The molecule has 1 heterocycles. The molecule has 88 valence electrons. The Balaban J connectivity index is 2.12. The van der Waals surface area contributed by atoms with Gasteiger partial charge in [-0.15, -0.1) is 0 Å². The van der Waals surface area contributed by atoms with Crippen molar-refractivity contribution in [1.29, 1.82) is 0 Å². The Kier molecular flexibility index (Phi) is 3.45. The van der Waals surface area contributed by atoms with Gasteiger partial charge in [-0.3, -0.25) is 4.79 Å². The molecule has 0 fully saturated rings. The van der Waals surface area contributed by atoms with Crippen LogP contribution in [-0.2, 0) is 6.61 Å². The number of methoxy groups -OCH3 is 1. The molecule has 0 radical (unpaired) electrons. The van der Waals surface area contributed by atoms with E-state index in [1.807, 2.05) is 6.07 Å². The summed E-state index contributed by atoms with van der Waals surface area (Å²) in [5.74, 6) is 1.84. The Labute approximate surface area is 98.8 Å². The summed E-state index contributed by atoms with van der Waals surface area (Å²) >= 11 is 0. The molecule has 0 N–H and O–H groups in total. The lowest BCUT2D eigenvalue weighted by molar-refractivity contribution is 0.112. The molecular weight excluding hydrogens is 220 g/mol. The Morgan fingerprint density at radius 3 is 2.82 bits per heavy atom. The van der Waals surface area contributed by atoms with Gasteiger partial charge in [0.15, 0.2) is 11.5 Å². The first-order chi connectivity index (χ1) is 8.33. The van der Waals surface area contributed by atoms with Crippen LogP contribution < -0.4 is 9.47 Å². The van der Waals surface area contributed by atoms with E-state index in [1.165, 1.54) is 7.11 Å². The predicted molar refractivity (Wildman–Crippen MR) is 61.4 cm³/mol. The van der Waals surface area contributed by atoms with Crippen LogP contribution in [0.4, 0.5) is 0 Å². The molecular formula is C13H12O4. The van der Waals surface area contributed by atoms with Gasteiger partial charge in [0.1, 0.15) is 18.7 Å². The molecule has 4 nitrogen and oxygen atoms in total. The summed E-state index contributed by atoms with van der Waals surface area (Å²) in [4.78, 5) is 10.6. The minimum atomic E-state index is 0.323. The number of hydrogen-bond acceptors (Lipinski definition) is 4. The summed E-state index contributed by atoms with van der Waals surface area (Å²) in [5.41, 5.74) is 0.548. The molecule has 2 aromatic rings. The van der Waals surface area contributed by atoms with Gasteiger partial charge in [-0.05, 0) is 30.3 Å². The van der Waals surface area contributed by atoms with Gasteiger partial charge in [-0.25, -0.2) is 0 Å². The third-order valence-corrected chi connectivity index (χ3v) is 2.27. The minimum absolute atomic E-state index is 0.323. The van der Waals surface area contributed by atoms with Crippen molar-refractivity contribution in [3.63, 3.8) is 0 Å². The lowest BCUT2D eigenvalue weighted by Crippen LogP contribution is -1.97. The van der Waals surface area contributed by atoms with Crippen molar-refractivity contribution >= 4 is 6.29 Å². The van der Waals surface area contributed by atoms with Gasteiger partial charge in [0.05, 0.1) is 13.4 Å². The summed E-state index contributed by atoms with van der Waals surface area (Å²) < 4.78 is 15.8. The third kappa shape index (κ3) is 2.66. The monoisotopic (exact) mass is 232 g/mol. The number of aldehydes is 1. The Bertz CT molecular complexity index is 488. The molecule has 0 unspecified atom stereocenters. The van der Waals surface area contributed by atoms with Crippen molar-refractivity contribution in [2.75, 3.05) is 7.11 Å². The fourth-order valence-corrected chi connectivity index (χ4v) is 1.42. The summed E-state index contributed by atoms with van der Waals surface area (Å²) in [6.07, 6.45) is 2.35. The number of ether oxygens (including phenoxy) is 2. The quantitative estimate of drug-likeness (QED) is 0.743. The molecule has 4 heteroatoms. The summed E-state index contributed by atoms with van der Waals surface area (Å²) in [7, 11) is 1.53. The van der Waals surface area contributed by atoms with Gasteiger partial charge in [0.2, 0.25) is 0 Å². The highest BCUT2D eigenvalue weighted by Crippen LogP contribution is 2.28. The van der Waals surface area contributed by atoms with Crippen LogP contribution >= 0.6 is 0 Å². The largest absolute Gasteiger partial charge is 0.493 e. The second-order valence-corrected chi connectivity index (χ2v) is 3.40. The van der Waals surface area contributed by atoms with Crippen molar-refractivity contribution in [2.24, 2.45) is 0 Å². The molecule has 2 rings (SSSR count). The molecule has 0 aliphatic heterocycles. The first kappa shape index (κ1) is 11.3. The molecule has 0 saturated carbocycles. The van der Waals surface area contributed by atoms with Crippen LogP contribution in [-0.4, -0.2) is 13.4 Å². The van der Waals surface area contributed by atoms with E-state index in [-0.39, 0.29) is 0 Å². The number of furan rings is 1. The smallest absolute Gasteiger partial charge is 0.161 e. The molecule has 0 atom stereocenters. The molecule has 1 aromatic heterocycles. The summed E-state index contributed by atoms with van der Waals surface area (Å²) in [6, 6.07) is 8.63. The average Bonchev–Trinajstić information content (AvgIpc) is 2.89. The van der Waals surface area contributed by atoms with Crippen LogP contribution in [0.1, 0.15) is 16.1 Å². The molecule has 0 saturated heterocycles. The number of rotatable bonds is 5. The normalized spacial score (nSPS) is 9.94. The van der Waals surface area contributed by atoms with Gasteiger partial charge in [-0.1, -0.05) is 0 Å². The van der Waals surface area contributed by atoms with Crippen molar-refractivity contribution in [1.82, 2.24) is 0 Å². The first-order valence-electron chi connectivity index (χ1n) is 5.12. The van der Waals surface area contributed by atoms with Crippen molar-refractivity contribution < 1.29 is 18.7 Å². The average molecular weight is 232 g/mol. The summed E-state index contributed by atoms with van der Waals surface area (Å²) in [6.45, 7) is 0.323. The highest BCUT2D eigenvalue weighted by atomic mass is 16.5. The maximum atomic E-state index is 10.6. The first-order valence-corrected chi connectivity index (χ1v) is 5.12. The van der Waals surface area contributed by atoms with Gasteiger partial charge >= 0.3 is 0 Å². The molecule has 1 aromatic carbocycles. The van der Waals surface area contributed by atoms with Gasteiger partial charge in [0.25, 0.3) is 0 Å². The Morgan fingerprint density at radius 1 is 1.29 bits per heavy atom. The van der Waals surface area contributed by atoms with E-state index in [2.05, 4.69) is 0 Å². The number of benzene rings is 1. The lowest BCUT2D eigenvalue weighted by Gasteiger charge is -2.09. The SMILES string of the molecule is COc1cc(C=O)ccc1OCc1ccco1. The third-order valence-electron chi connectivity index (χ3n) is 2.27. The van der Waals surface area contributed by atoms with E-state index in [1.54, 1.807) is 30.5 Å². The van der Waals surface area contributed by atoms with Crippen molar-refractivity contribution in [3.8, 4) is 11.5 Å². The van der Waals surface area contributed by atoms with Crippen molar-refractivity contribution in [2.45, 2.75) is 6.61 Å². The lowest BCUT2D eigenvalue weighted by atomic mass is 10.2. The molecule has 0 amide bonds. The van der Waals surface area contributed by atoms with Crippen LogP contribution in [0.15, 0.2) is 41.0 Å². The van der Waals surface area contributed by atoms with Gasteiger partial charge in [0, 0.05) is 5.56 Å². The maximum Gasteiger partial charge on any atom is 0.161 e. The predicted octanol–water partition coefficient (Wildman–Crippen LogP) is 2.68. The van der Waals surface area contributed by atoms with E-state index in [9.17, 15) is 4.79 Å². The maximum absolute atomic E-state index is 10.6. The standard InChI is InChI=1S/C13H12O4/c1-15-13-7-10(8-14)4-5-12(13)17-9-11-3-2-6-16-11/h2-8H,9H2,1H3. The Morgan fingerprint density at radius 2 is 2.18 bits per heavy atom. The van der Waals surface area contributed by atoms with E-state index in [4.69, 9.17) is 13.9 Å². The topological polar surface area (TPSA) is 48.7 Å². The molecule has 17 heavy (non-hydrogen) atoms. The van der Waals surface area contributed by atoms with Crippen molar-refractivity contribution in [3.05, 3.63) is 47.9 Å². The summed E-state index contributed by atoms with van der Waals surface area (Å²) in [5, 5.41) is 0. The van der Waals surface area contributed by atoms with Crippen LogP contribution in [0.25, 0.3) is 0 Å². The zero-order valence-electron chi connectivity index (χ0n) is 9.38. The fraction of sp³-hybridized carbons (Fsp3) is 0.154. The zero-order valence-corrected chi connectivity index (χ0v) is 9.38. The van der Waals surface area contributed by atoms with Gasteiger partial charge < -0.3 is 13.9 Å². The van der Waals surface area contributed by atoms with E-state index >= 15 is 0 Å². The van der Waals surface area contributed by atoms with Crippen LogP contribution in [0.5, 0.6) is 11.5 Å². The molecule has 0 spiro atoms. The highest BCUT2D eigenvalue weighted by Gasteiger charge is 2.06. The van der Waals surface area contributed by atoms with E-state index in [0.717, 1.165) is 12.0 Å². The van der Waals surface area contributed by atoms with Crippen LogP contribution in [0.2, 0.25) is 0 Å².